The molecule has 5 nitrogen and oxygen atoms in total. The summed E-state index contributed by atoms with van der Waals surface area (Å²) in [5, 5.41) is 2.53. The maximum absolute atomic E-state index is 12.7. The van der Waals surface area contributed by atoms with Crippen LogP contribution >= 0.6 is 15.9 Å². The zero-order valence-electron chi connectivity index (χ0n) is 13.1. The molecular formula is C15H15BrF3N3O2. The summed E-state index contributed by atoms with van der Waals surface area (Å²) in [5.74, 6) is 0. The number of hydrogen-bond donors (Lipinski definition) is 1. The average Bonchev–Trinajstić information content (AvgIpc) is 2.78. The van der Waals surface area contributed by atoms with E-state index in [4.69, 9.17) is 4.74 Å². The smallest absolute Gasteiger partial charge is 0.434 e. The summed E-state index contributed by atoms with van der Waals surface area (Å²) in [6, 6.07) is 6.30. The highest BCUT2D eigenvalue weighted by Crippen LogP contribution is 2.31. The standard InChI is InChI=1S/C15H15BrF3N3O2/c1-14(2,3)24-13(23)20-9-5-4-6-10(7-9)22-8-11(15(17,18)19)21-12(22)16/h4-8H,1-3H3,(H,20,23). The van der Waals surface area contributed by atoms with Gasteiger partial charge in [0.15, 0.2) is 10.4 Å². The number of nitrogens with one attached hydrogen (secondary N) is 1. The molecule has 0 aliphatic carbocycles. The van der Waals surface area contributed by atoms with Crippen LogP contribution in [-0.4, -0.2) is 21.2 Å². The Morgan fingerprint density at radius 1 is 1.29 bits per heavy atom. The van der Waals surface area contributed by atoms with E-state index in [1.165, 1.54) is 10.6 Å². The average molecular weight is 406 g/mol. The van der Waals surface area contributed by atoms with Crippen LogP contribution in [0.2, 0.25) is 0 Å². The number of anilines is 1. The number of benzene rings is 1. The summed E-state index contributed by atoms with van der Waals surface area (Å²) in [4.78, 5) is 15.2. The van der Waals surface area contributed by atoms with Crippen molar-refractivity contribution < 1.29 is 22.7 Å². The first-order valence-corrected chi connectivity index (χ1v) is 7.67. The van der Waals surface area contributed by atoms with Gasteiger partial charge in [-0.1, -0.05) is 6.07 Å². The second kappa shape index (κ2) is 6.46. The van der Waals surface area contributed by atoms with E-state index in [2.05, 4.69) is 26.2 Å². The van der Waals surface area contributed by atoms with Gasteiger partial charge >= 0.3 is 12.3 Å². The monoisotopic (exact) mass is 405 g/mol. The second-order valence-electron chi connectivity index (χ2n) is 5.94. The predicted molar refractivity (Wildman–Crippen MR) is 86.1 cm³/mol. The predicted octanol–water partition coefficient (Wildman–Crippen LogP) is 5.00. The molecule has 0 saturated carbocycles. The zero-order valence-corrected chi connectivity index (χ0v) is 14.7. The van der Waals surface area contributed by atoms with Crippen molar-refractivity contribution in [2.24, 2.45) is 0 Å². The summed E-state index contributed by atoms with van der Waals surface area (Å²) in [7, 11) is 0. The van der Waals surface area contributed by atoms with Gasteiger partial charge in [-0.05, 0) is 54.9 Å². The minimum atomic E-state index is -4.54. The van der Waals surface area contributed by atoms with Gasteiger partial charge in [0, 0.05) is 17.6 Å². The minimum absolute atomic E-state index is 0.00393. The molecule has 0 fully saturated rings. The van der Waals surface area contributed by atoms with Gasteiger partial charge in [-0.3, -0.25) is 9.88 Å². The number of rotatable bonds is 2. The second-order valence-corrected chi connectivity index (χ2v) is 6.65. The number of carbonyl (C=O) groups excluding carboxylic acids is 1. The van der Waals surface area contributed by atoms with E-state index < -0.39 is 23.6 Å². The van der Waals surface area contributed by atoms with Crippen molar-refractivity contribution >= 4 is 27.7 Å². The third-order valence-corrected chi connectivity index (χ3v) is 3.28. The van der Waals surface area contributed by atoms with E-state index in [0.29, 0.717) is 11.4 Å². The fraction of sp³-hybridized carbons (Fsp3) is 0.333. The van der Waals surface area contributed by atoms with E-state index in [9.17, 15) is 18.0 Å². The molecule has 2 aromatic rings. The van der Waals surface area contributed by atoms with Crippen LogP contribution in [0.3, 0.4) is 0 Å². The molecule has 0 bridgehead atoms. The van der Waals surface area contributed by atoms with E-state index in [0.717, 1.165) is 6.20 Å². The topological polar surface area (TPSA) is 56.1 Å². The lowest BCUT2D eigenvalue weighted by atomic mass is 10.2. The minimum Gasteiger partial charge on any atom is -0.444 e. The van der Waals surface area contributed by atoms with E-state index in [1.807, 2.05) is 0 Å². The molecule has 0 radical (unpaired) electrons. The first-order valence-electron chi connectivity index (χ1n) is 6.88. The number of hydrogen-bond acceptors (Lipinski definition) is 3. The lowest BCUT2D eigenvalue weighted by Crippen LogP contribution is -2.27. The Morgan fingerprint density at radius 3 is 2.50 bits per heavy atom. The Balaban J connectivity index is 2.25. The van der Waals surface area contributed by atoms with Crippen molar-refractivity contribution in [3.63, 3.8) is 0 Å². The molecule has 0 atom stereocenters. The largest absolute Gasteiger partial charge is 0.444 e. The molecule has 2 rings (SSSR count). The molecule has 1 heterocycles. The van der Waals surface area contributed by atoms with Crippen molar-refractivity contribution in [2.75, 3.05) is 5.32 Å². The number of carbonyl (C=O) groups is 1. The highest BCUT2D eigenvalue weighted by atomic mass is 79.9. The molecule has 130 valence electrons. The van der Waals surface area contributed by atoms with Crippen LogP contribution in [-0.2, 0) is 10.9 Å². The highest BCUT2D eigenvalue weighted by molar-refractivity contribution is 9.10. The fourth-order valence-electron chi connectivity index (χ4n) is 1.83. The van der Waals surface area contributed by atoms with Crippen LogP contribution in [0.1, 0.15) is 26.5 Å². The van der Waals surface area contributed by atoms with E-state index in [-0.39, 0.29) is 4.73 Å². The first kappa shape index (κ1) is 18.3. The molecule has 1 N–H and O–H groups in total. The van der Waals surface area contributed by atoms with Crippen molar-refractivity contribution in [3.05, 3.63) is 40.9 Å². The Morgan fingerprint density at radius 2 is 1.96 bits per heavy atom. The molecule has 0 aliphatic heterocycles. The normalized spacial score (nSPS) is 12.1. The van der Waals surface area contributed by atoms with Crippen molar-refractivity contribution in [3.8, 4) is 5.69 Å². The third kappa shape index (κ3) is 4.73. The van der Waals surface area contributed by atoms with Gasteiger partial charge in [0.2, 0.25) is 0 Å². The van der Waals surface area contributed by atoms with Gasteiger partial charge in [0.25, 0.3) is 0 Å². The summed E-state index contributed by atoms with van der Waals surface area (Å²) in [5.41, 5.74) is -0.884. The van der Waals surface area contributed by atoms with Crippen LogP contribution in [0.4, 0.5) is 23.7 Å². The number of alkyl halides is 3. The van der Waals surface area contributed by atoms with Crippen LogP contribution < -0.4 is 5.32 Å². The number of nitrogens with zero attached hydrogens (tertiary/aromatic N) is 2. The summed E-state index contributed by atoms with van der Waals surface area (Å²) in [6.45, 7) is 5.18. The number of aromatic nitrogens is 2. The molecule has 24 heavy (non-hydrogen) atoms. The van der Waals surface area contributed by atoms with Gasteiger partial charge in [-0.2, -0.15) is 13.2 Å². The molecule has 9 heteroatoms. The summed E-state index contributed by atoms with van der Waals surface area (Å²) in [6.07, 6.45) is -4.32. The Hall–Kier alpha value is -2.03. The quantitative estimate of drug-likeness (QED) is 0.764. The molecule has 1 amide bonds. The lowest BCUT2D eigenvalue weighted by molar-refractivity contribution is -0.141. The first-order chi connectivity index (χ1) is 11.0. The van der Waals surface area contributed by atoms with Crippen molar-refractivity contribution in [1.29, 1.82) is 0 Å². The lowest BCUT2D eigenvalue weighted by Gasteiger charge is -2.19. The molecule has 1 aromatic heterocycles. The third-order valence-electron chi connectivity index (χ3n) is 2.72. The number of amides is 1. The van der Waals surface area contributed by atoms with Crippen molar-refractivity contribution in [1.82, 2.24) is 9.55 Å². The molecule has 0 spiro atoms. The maximum Gasteiger partial charge on any atom is 0.434 e. The Labute approximate surface area is 145 Å². The Bertz CT molecular complexity index is 751. The van der Waals surface area contributed by atoms with Crippen molar-refractivity contribution in [2.45, 2.75) is 32.5 Å². The van der Waals surface area contributed by atoms with E-state index in [1.54, 1.807) is 39.0 Å². The van der Waals surface area contributed by atoms with Crippen LogP contribution in [0.5, 0.6) is 0 Å². The Kier molecular flexibility index (Phi) is 4.93. The van der Waals surface area contributed by atoms with E-state index >= 15 is 0 Å². The zero-order chi connectivity index (χ0) is 18.1. The fourth-order valence-corrected chi connectivity index (χ4v) is 2.33. The van der Waals surface area contributed by atoms with Gasteiger partial charge < -0.3 is 4.74 Å². The summed E-state index contributed by atoms with van der Waals surface area (Å²) < 4.78 is 44.6. The molecule has 0 aliphatic rings. The molecule has 1 aromatic carbocycles. The maximum atomic E-state index is 12.7. The number of ether oxygens (including phenoxy) is 1. The van der Waals surface area contributed by atoms with Gasteiger partial charge in [0.05, 0.1) is 0 Å². The SMILES string of the molecule is CC(C)(C)OC(=O)Nc1cccc(-n2cc(C(F)(F)F)nc2Br)c1. The van der Waals surface area contributed by atoms with Gasteiger partial charge in [-0.25, -0.2) is 9.78 Å². The number of imidazole rings is 1. The summed E-state index contributed by atoms with van der Waals surface area (Å²) >= 11 is 3.00. The van der Waals surface area contributed by atoms with Gasteiger partial charge in [-0.15, -0.1) is 0 Å². The van der Waals surface area contributed by atoms with Crippen LogP contribution in [0.15, 0.2) is 35.2 Å². The highest BCUT2D eigenvalue weighted by Gasteiger charge is 2.34. The molecule has 0 saturated heterocycles. The van der Waals surface area contributed by atoms with Crippen LogP contribution in [0, 0.1) is 0 Å². The van der Waals surface area contributed by atoms with Crippen LogP contribution in [0.25, 0.3) is 5.69 Å². The number of halogens is 4. The van der Waals surface area contributed by atoms with Gasteiger partial charge in [0.1, 0.15) is 5.60 Å². The molecular weight excluding hydrogens is 391 g/mol. The molecule has 0 unspecified atom stereocenters.